The highest BCUT2D eigenvalue weighted by atomic mass is 16.2. The number of likely N-dealkylation sites (N-methyl/N-ethyl adjacent to an activating group) is 1. The number of guanidine groups is 1. The maximum Gasteiger partial charge on any atom is 0.266 e. The van der Waals surface area contributed by atoms with Crippen molar-refractivity contribution in [2.75, 3.05) is 7.05 Å². The standard InChI is InChI=1S/C21H19N5O/c1-14-5-3-7-17(9-14)21(19(27)26(2)20(22)25-21)18-8-4-6-15(10-18)16-11-23-13-24-12-16/h3-13H,1-2H3,(H2,22,25). The first-order chi connectivity index (χ1) is 13.0. The lowest BCUT2D eigenvalue weighted by Crippen LogP contribution is -2.41. The highest BCUT2D eigenvalue weighted by Crippen LogP contribution is 2.40. The molecular formula is C21H19N5O. The molecule has 0 saturated heterocycles. The number of carbonyl (C=O) groups is 1. The molecule has 134 valence electrons. The third-order valence-corrected chi connectivity index (χ3v) is 4.85. The maximum absolute atomic E-state index is 13.3. The molecule has 6 nitrogen and oxygen atoms in total. The van der Waals surface area contributed by atoms with E-state index in [0.717, 1.165) is 27.8 Å². The Labute approximate surface area is 157 Å². The molecule has 2 heterocycles. The zero-order chi connectivity index (χ0) is 19.0. The van der Waals surface area contributed by atoms with E-state index in [1.807, 2.05) is 55.5 Å². The van der Waals surface area contributed by atoms with Gasteiger partial charge in [0.05, 0.1) is 0 Å². The van der Waals surface area contributed by atoms with Crippen LogP contribution in [0.25, 0.3) is 11.1 Å². The van der Waals surface area contributed by atoms with Gasteiger partial charge in [0.1, 0.15) is 6.33 Å². The molecule has 27 heavy (non-hydrogen) atoms. The van der Waals surface area contributed by atoms with Crippen LogP contribution >= 0.6 is 0 Å². The van der Waals surface area contributed by atoms with Crippen LogP contribution in [0.1, 0.15) is 16.7 Å². The van der Waals surface area contributed by atoms with Gasteiger partial charge in [-0.15, -0.1) is 0 Å². The van der Waals surface area contributed by atoms with Gasteiger partial charge in [-0.2, -0.15) is 0 Å². The molecular weight excluding hydrogens is 338 g/mol. The van der Waals surface area contributed by atoms with Crippen molar-refractivity contribution in [3.05, 3.63) is 83.9 Å². The summed E-state index contributed by atoms with van der Waals surface area (Å²) >= 11 is 0. The molecule has 1 atom stereocenters. The van der Waals surface area contributed by atoms with Crippen LogP contribution in [0.2, 0.25) is 0 Å². The number of aliphatic imine (C=N–C) groups is 1. The summed E-state index contributed by atoms with van der Waals surface area (Å²) in [6.07, 6.45) is 4.97. The van der Waals surface area contributed by atoms with Crippen LogP contribution in [0.4, 0.5) is 0 Å². The fourth-order valence-electron chi connectivity index (χ4n) is 3.43. The highest BCUT2D eigenvalue weighted by Gasteiger charge is 2.49. The molecule has 1 amide bonds. The van der Waals surface area contributed by atoms with Gasteiger partial charge in [0.25, 0.3) is 5.91 Å². The summed E-state index contributed by atoms with van der Waals surface area (Å²) in [5, 5.41) is 0. The fraction of sp³-hybridized carbons (Fsp3) is 0.143. The Morgan fingerprint density at radius 2 is 1.63 bits per heavy atom. The molecule has 2 aromatic carbocycles. The predicted molar refractivity (Wildman–Crippen MR) is 104 cm³/mol. The van der Waals surface area contributed by atoms with Gasteiger partial charge >= 0.3 is 0 Å². The quantitative estimate of drug-likeness (QED) is 0.780. The number of hydrogen-bond donors (Lipinski definition) is 1. The molecule has 3 aromatic rings. The number of hydrogen-bond acceptors (Lipinski definition) is 5. The minimum atomic E-state index is -1.20. The lowest BCUT2D eigenvalue weighted by atomic mass is 9.81. The molecule has 6 heteroatoms. The van der Waals surface area contributed by atoms with Crippen LogP contribution in [-0.2, 0) is 10.3 Å². The second-order valence-corrected chi connectivity index (χ2v) is 6.62. The van der Waals surface area contributed by atoms with Gasteiger partial charge in [0.15, 0.2) is 11.5 Å². The average molecular weight is 357 g/mol. The molecule has 1 aliphatic heterocycles. The van der Waals surface area contributed by atoms with E-state index in [0.29, 0.717) is 0 Å². The fourth-order valence-corrected chi connectivity index (χ4v) is 3.43. The zero-order valence-corrected chi connectivity index (χ0v) is 15.1. The molecule has 2 N–H and O–H groups in total. The molecule has 0 bridgehead atoms. The van der Waals surface area contributed by atoms with Crippen molar-refractivity contribution in [3.8, 4) is 11.1 Å². The molecule has 0 spiro atoms. The van der Waals surface area contributed by atoms with E-state index in [-0.39, 0.29) is 11.9 Å². The normalized spacial score (nSPS) is 19.3. The van der Waals surface area contributed by atoms with E-state index in [4.69, 9.17) is 5.73 Å². The van der Waals surface area contributed by atoms with Crippen LogP contribution in [-0.4, -0.2) is 33.8 Å². The number of amides is 1. The first kappa shape index (κ1) is 16.9. The van der Waals surface area contributed by atoms with Crippen LogP contribution in [0.5, 0.6) is 0 Å². The number of aromatic nitrogens is 2. The van der Waals surface area contributed by atoms with Crippen molar-refractivity contribution < 1.29 is 4.79 Å². The molecule has 0 radical (unpaired) electrons. The third kappa shape index (κ3) is 2.66. The minimum absolute atomic E-state index is 0.174. The Morgan fingerprint density at radius 1 is 0.963 bits per heavy atom. The van der Waals surface area contributed by atoms with Crippen molar-refractivity contribution in [3.63, 3.8) is 0 Å². The van der Waals surface area contributed by atoms with E-state index in [1.165, 1.54) is 11.2 Å². The van der Waals surface area contributed by atoms with Crippen molar-refractivity contribution >= 4 is 11.9 Å². The molecule has 0 aliphatic carbocycles. The Hall–Kier alpha value is -3.54. The van der Waals surface area contributed by atoms with Crippen LogP contribution in [0.15, 0.2) is 72.2 Å². The number of nitrogens with zero attached hydrogens (tertiary/aromatic N) is 4. The highest BCUT2D eigenvalue weighted by molar-refractivity contribution is 6.09. The number of benzene rings is 2. The lowest BCUT2D eigenvalue weighted by molar-refractivity contribution is -0.129. The number of carbonyl (C=O) groups excluding carboxylic acids is 1. The van der Waals surface area contributed by atoms with E-state index >= 15 is 0 Å². The van der Waals surface area contributed by atoms with Gasteiger partial charge in [-0.3, -0.25) is 9.69 Å². The Kier molecular flexibility index (Phi) is 3.96. The lowest BCUT2D eigenvalue weighted by Gasteiger charge is -2.26. The summed E-state index contributed by atoms with van der Waals surface area (Å²) in [5.74, 6) is 0.0296. The number of rotatable bonds is 3. The summed E-state index contributed by atoms with van der Waals surface area (Å²) in [6, 6.07) is 15.5. The summed E-state index contributed by atoms with van der Waals surface area (Å²) in [6.45, 7) is 1.99. The van der Waals surface area contributed by atoms with Crippen molar-refractivity contribution in [1.29, 1.82) is 0 Å². The molecule has 4 rings (SSSR count). The van der Waals surface area contributed by atoms with Crippen molar-refractivity contribution in [1.82, 2.24) is 14.9 Å². The Balaban J connectivity index is 1.95. The molecule has 1 aromatic heterocycles. The Morgan fingerprint density at radius 3 is 2.26 bits per heavy atom. The van der Waals surface area contributed by atoms with E-state index in [1.54, 1.807) is 19.4 Å². The molecule has 1 aliphatic rings. The smallest absolute Gasteiger partial charge is 0.266 e. The molecule has 1 unspecified atom stereocenters. The second kappa shape index (κ2) is 6.32. The first-order valence-electron chi connectivity index (χ1n) is 8.59. The summed E-state index contributed by atoms with van der Waals surface area (Å²) in [4.78, 5) is 27.5. The van der Waals surface area contributed by atoms with Gasteiger partial charge in [-0.05, 0) is 29.7 Å². The monoisotopic (exact) mass is 357 g/mol. The number of aryl methyl sites for hydroxylation is 1. The Bertz CT molecular complexity index is 1050. The third-order valence-electron chi connectivity index (χ3n) is 4.85. The maximum atomic E-state index is 13.3. The SMILES string of the molecule is Cc1cccc(C2(c3cccc(-c4cncnc4)c3)N=C(N)N(C)C2=O)c1. The van der Waals surface area contributed by atoms with Gasteiger partial charge in [0, 0.05) is 25.0 Å². The van der Waals surface area contributed by atoms with Gasteiger partial charge < -0.3 is 5.73 Å². The van der Waals surface area contributed by atoms with Gasteiger partial charge in [-0.1, -0.05) is 48.0 Å². The minimum Gasteiger partial charge on any atom is -0.369 e. The van der Waals surface area contributed by atoms with Crippen LogP contribution in [0.3, 0.4) is 0 Å². The van der Waals surface area contributed by atoms with Crippen LogP contribution < -0.4 is 5.73 Å². The summed E-state index contributed by atoms with van der Waals surface area (Å²) in [7, 11) is 1.65. The van der Waals surface area contributed by atoms with Gasteiger partial charge in [0.2, 0.25) is 0 Å². The second-order valence-electron chi connectivity index (χ2n) is 6.62. The van der Waals surface area contributed by atoms with E-state index in [9.17, 15) is 4.79 Å². The van der Waals surface area contributed by atoms with E-state index in [2.05, 4.69) is 15.0 Å². The van der Waals surface area contributed by atoms with E-state index < -0.39 is 5.54 Å². The summed E-state index contributed by atoms with van der Waals surface area (Å²) < 4.78 is 0. The van der Waals surface area contributed by atoms with Crippen molar-refractivity contribution in [2.45, 2.75) is 12.5 Å². The molecule has 0 fully saturated rings. The first-order valence-corrected chi connectivity index (χ1v) is 8.59. The van der Waals surface area contributed by atoms with Crippen molar-refractivity contribution in [2.24, 2.45) is 10.7 Å². The predicted octanol–water partition coefficient (Wildman–Crippen LogP) is 2.48. The number of nitrogens with two attached hydrogens (primary N) is 1. The van der Waals surface area contributed by atoms with Gasteiger partial charge in [-0.25, -0.2) is 15.0 Å². The van der Waals surface area contributed by atoms with Crippen LogP contribution in [0, 0.1) is 6.92 Å². The zero-order valence-electron chi connectivity index (χ0n) is 15.1. The average Bonchev–Trinajstić information content (AvgIpc) is 2.94. The largest absolute Gasteiger partial charge is 0.369 e. The topological polar surface area (TPSA) is 84.5 Å². The molecule has 0 saturated carbocycles. The summed E-state index contributed by atoms with van der Waals surface area (Å²) in [5.41, 5.74) is 9.23.